The van der Waals surface area contributed by atoms with Gasteiger partial charge in [-0.3, -0.25) is 14.7 Å². The molecule has 5 rings (SSSR count). The molecular weight excluding hydrogens is 353 g/mol. The maximum Gasteiger partial charge on any atom is 0.127 e. The zero-order valence-corrected chi connectivity index (χ0v) is 16.2. The van der Waals surface area contributed by atoms with Crippen molar-refractivity contribution in [3.63, 3.8) is 0 Å². The number of aliphatic hydroxyl groups excluding tert-OH is 1. The van der Waals surface area contributed by atoms with E-state index in [0.717, 1.165) is 51.3 Å². The summed E-state index contributed by atoms with van der Waals surface area (Å²) in [6.07, 6.45) is 0.638. The van der Waals surface area contributed by atoms with Crippen LogP contribution in [0.15, 0.2) is 54.6 Å². The van der Waals surface area contributed by atoms with Crippen molar-refractivity contribution in [2.45, 2.75) is 37.2 Å². The van der Waals surface area contributed by atoms with Crippen molar-refractivity contribution in [1.82, 2.24) is 14.7 Å². The Balaban J connectivity index is 1.30. The number of fused-ring (bicyclic) bond motifs is 2. The van der Waals surface area contributed by atoms with Gasteiger partial charge in [0.25, 0.3) is 0 Å². The van der Waals surface area contributed by atoms with Gasteiger partial charge in [-0.25, -0.2) is 4.39 Å². The molecule has 28 heavy (non-hydrogen) atoms. The van der Waals surface area contributed by atoms with Gasteiger partial charge in [0.05, 0.1) is 11.6 Å². The molecule has 148 valence electrons. The Morgan fingerprint density at radius 1 is 0.893 bits per heavy atom. The minimum atomic E-state index is -0.223. The van der Waals surface area contributed by atoms with Crippen LogP contribution in [0, 0.1) is 5.82 Å². The molecule has 1 spiro atoms. The van der Waals surface area contributed by atoms with Crippen LogP contribution in [0.5, 0.6) is 0 Å². The molecule has 0 aromatic heterocycles. The smallest absolute Gasteiger partial charge is 0.127 e. The summed E-state index contributed by atoms with van der Waals surface area (Å²) in [6.45, 7) is 6.30. The van der Waals surface area contributed by atoms with E-state index in [2.05, 4.69) is 45.0 Å². The number of nitrogens with zero attached hydrogens (tertiary/aromatic N) is 3. The number of rotatable bonds is 4. The van der Waals surface area contributed by atoms with Gasteiger partial charge in [-0.05, 0) is 18.1 Å². The highest BCUT2D eigenvalue weighted by molar-refractivity contribution is 5.21. The fourth-order valence-corrected chi connectivity index (χ4v) is 5.52. The van der Waals surface area contributed by atoms with E-state index in [9.17, 15) is 9.50 Å². The van der Waals surface area contributed by atoms with Gasteiger partial charge in [0.1, 0.15) is 5.82 Å². The average molecular weight is 381 g/mol. The van der Waals surface area contributed by atoms with Crippen LogP contribution in [0.1, 0.15) is 17.5 Å². The molecule has 0 amide bonds. The van der Waals surface area contributed by atoms with Crippen LogP contribution in [0.3, 0.4) is 0 Å². The normalized spacial score (nSPS) is 27.6. The first-order chi connectivity index (χ1) is 13.6. The molecule has 1 N–H and O–H groups in total. The predicted octanol–water partition coefficient (Wildman–Crippen LogP) is 2.33. The molecule has 3 aliphatic rings. The molecule has 4 nitrogen and oxygen atoms in total. The quantitative estimate of drug-likeness (QED) is 0.881. The number of β-amino-alcohol motifs (C(OH)–C–C–N with tert-alkyl or cyclic N) is 1. The molecule has 0 saturated carbocycles. The van der Waals surface area contributed by atoms with E-state index in [1.807, 2.05) is 12.1 Å². The second-order valence-electron chi connectivity index (χ2n) is 8.81. The lowest BCUT2D eigenvalue weighted by Crippen LogP contribution is -2.77. The SMILES string of the molecule is O[C@@H]1C[C@@H]2CN(Cc3ccccc3)CC3(CN(Cc4ccccc4F)C3)N2C1. The molecular formula is C23H28FN3O. The van der Waals surface area contributed by atoms with Gasteiger partial charge in [0.15, 0.2) is 0 Å². The summed E-state index contributed by atoms with van der Waals surface area (Å²) < 4.78 is 14.0. The molecule has 0 aliphatic carbocycles. The highest BCUT2D eigenvalue weighted by Crippen LogP contribution is 2.39. The topological polar surface area (TPSA) is 30.0 Å². The van der Waals surface area contributed by atoms with Gasteiger partial charge in [-0.1, -0.05) is 48.5 Å². The molecule has 3 saturated heterocycles. The van der Waals surface area contributed by atoms with E-state index in [1.54, 1.807) is 12.1 Å². The molecule has 0 unspecified atom stereocenters. The van der Waals surface area contributed by atoms with Crippen molar-refractivity contribution in [3.05, 3.63) is 71.5 Å². The molecule has 2 aromatic carbocycles. The maximum atomic E-state index is 14.0. The first kappa shape index (κ1) is 18.3. The summed E-state index contributed by atoms with van der Waals surface area (Å²) in [5.74, 6) is -0.118. The molecule has 3 heterocycles. The lowest BCUT2D eigenvalue weighted by Gasteiger charge is -2.61. The molecule has 0 bridgehead atoms. The predicted molar refractivity (Wildman–Crippen MR) is 107 cm³/mol. The third kappa shape index (κ3) is 3.37. The van der Waals surface area contributed by atoms with E-state index in [-0.39, 0.29) is 17.5 Å². The summed E-state index contributed by atoms with van der Waals surface area (Å²) in [5, 5.41) is 10.3. The molecule has 2 aromatic rings. The second-order valence-corrected chi connectivity index (χ2v) is 8.81. The Kier molecular flexibility index (Phi) is 4.71. The summed E-state index contributed by atoms with van der Waals surface area (Å²) >= 11 is 0. The van der Waals surface area contributed by atoms with Crippen LogP contribution in [0.25, 0.3) is 0 Å². The van der Waals surface area contributed by atoms with Gasteiger partial charge in [0, 0.05) is 57.4 Å². The van der Waals surface area contributed by atoms with E-state index < -0.39 is 0 Å². The van der Waals surface area contributed by atoms with Gasteiger partial charge in [-0.2, -0.15) is 0 Å². The number of hydrogen-bond acceptors (Lipinski definition) is 4. The van der Waals surface area contributed by atoms with Crippen molar-refractivity contribution in [3.8, 4) is 0 Å². The zero-order chi connectivity index (χ0) is 19.1. The van der Waals surface area contributed by atoms with Crippen LogP contribution in [-0.4, -0.2) is 70.2 Å². The second kappa shape index (κ2) is 7.23. The van der Waals surface area contributed by atoms with Crippen LogP contribution in [-0.2, 0) is 13.1 Å². The van der Waals surface area contributed by atoms with Crippen molar-refractivity contribution in [1.29, 1.82) is 0 Å². The zero-order valence-electron chi connectivity index (χ0n) is 16.2. The summed E-state index contributed by atoms with van der Waals surface area (Å²) in [5.41, 5.74) is 2.19. The number of hydrogen-bond donors (Lipinski definition) is 1. The third-order valence-electron chi connectivity index (χ3n) is 6.63. The van der Waals surface area contributed by atoms with Gasteiger partial charge < -0.3 is 5.11 Å². The van der Waals surface area contributed by atoms with E-state index in [0.29, 0.717) is 12.6 Å². The fraction of sp³-hybridized carbons (Fsp3) is 0.478. The van der Waals surface area contributed by atoms with Crippen LogP contribution >= 0.6 is 0 Å². The minimum Gasteiger partial charge on any atom is -0.392 e. The number of likely N-dealkylation sites (tertiary alicyclic amines) is 1. The number of piperazine rings is 1. The lowest BCUT2D eigenvalue weighted by atomic mass is 9.83. The monoisotopic (exact) mass is 381 g/mol. The Hall–Kier alpha value is -1.79. The van der Waals surface area contributed by atoms with Crippen molar-refractivity contribution in [2.75, 3.05) is 32.7 Å². The Morgan fingerprint density at radius 2 is 1.61 bits per heavy atom. The molecule has 3 fully saturated rings. The Morgan fingerprint density at radius 3 is 2.39 bits per heavy atom. The average Bonchev–Trinajstić information content (AvgIpc) is 3.03. The minimum absolute atomic E-state index is 0.0838. The van der Waals surface area contributed by atoms with Crippen LogP contribution < -0.4 is 0 Å². The van der Waals surface area contributed by atoms with Crippen LogP contribution in [0.2, 0.25) is 0 Å². The summed E-state index contributed by atoms with van der Waals surface area (Å²) in [7, 11) is 0. The lowest BCUT2D eigenvalue weighted by molar-refractivity contribution is -0.118. The van der Waals surface area contributed by atoms with Crippen molar-refractivity contribution < 1.29 is 9.50 Å². The first-order valence-corrected chi connectivity index (χ1v) is 10.3. The number of aliphatic hydroxyl groups is 1. The van der Waals surface area contributed by atoms with Crippen molar-refractivity contribution in [2.24, 2.45) is 0 Å². The number of halogens is 1. The highest BCUT2D eigenvalue weighted by Gasteiger charge is 2.55. The standard InChI is InChI=1S/C23H28FN3O/c24-22-9-5-4-8-19(22)12-26-16-23(17-26)15-25(11-18-6-2-1-3-7-18)13-20-10-21(28)14-27(20)23/h1-9,20-21,28H,10-17H2/t20-,21-/m1/s1. The molecule has 3 aliphatic heterocycles. The largest absolute Gasteiger partial charge is 0.392 e. The number of benzene rings is 2. The van der Waals surface area contributed by atoms with E-state index >= 15 is 0 Å². The highest BCUT2D eigenvalue weighted by atomic mass is 19.1. The van der Waals surface area contributed by atoms with Gasteiger partial charge in [-0.15, -0.1) is 0 Å². The van der Waals surface area contributed by atoms with Gasteiger partial charge in [0.2, 0.25) is 0 Å². The Bertz CT molecular complexity index is 824. The fourth-order valence-electron chi connectivity index (χ4n) is 5.52. The maximum absolute atomic E-state index is 14.0. The van der Waals surface area contributed by atoms with E-state index in [4.69, 9.17) is 0 Å². The van der Waals surface area contributed by atoms with E-state index in [1.165, 1.54) is 5.56 Å². The summed E-state index contributed by atoms with van der Waals surface area (Å²) in [6, 6.07) is 18.1. The van der Waals surface area contributed by atoms with Crippen molar-refractivity contribution >= 4 is 0 Å². The Labute approximate surface area is 166 Å². The molecule has 2 atom stereocenters. The third-order valence-corrected chi connectivity index (χ3v) is 6.63. The molecule has 5 heteroatoms. The molecule has 0 radical (unpaired) electrons. The first-order valence-electron chi connectivity index (χ1n) is 10.3. The van der Waals surface area contributed by atoms with Crippen LogP contribution in [0.4, 0.5) is 4.39 Å². The van der Waals surface area contributed by atoms with Gasteiger partial charge >= 0.3 is 0 Å². The summed E-state index contributed by atoms with van der Waals surface area (Å²) in [4.78, 5) is 7.44.